The Morgan fingerprint density at radius 2 is 1.90 bits per heavy atom. The van der Waals surface area contributed by atoms with Gasteiger partial charge in [0.15, 0.2) is 0 Å². The van der Waals surface area contributed by atoms with Crippen molar-refractivity contribution >= 4 is 5.91 Å². The number of benzene rings is 1. The molecule has 0 aliphatic carbocycles. The number of carbonyl (C=O) groups is 1. The summed E-state index contributed by atoms with van der Waals surface area (Å²) in [6, 6.07) is 11.6. The first-order chi connectivity index (χ1) is 15.2. The van der Waals surface area contributed by atoms with Crippen molar-refractivity contribution in [2.24, 2.45) is 0 Å². The summed E-state index contributed by atoms with van der Waals surface area (Å²) >= 11 is 0. The van der Waals surface area contributed by atoms with Gasteiger partial charge in [-0.05, 0) is 30.7 Å². The highest BCUT2D eigenvalue weighted by Gasteiger charge is 2.40. The summed E-state index contributed by atoms with van der Waals surface area (Å²) in [5, 5.41) is 4.09. The lowest BCUT2D eigenvalue weighted by Crippen LogP contribution is -2.28. The van der Waals surface area contributed by atoms with E-state index in [0.29, 0.717) is 36.1 Å². The number of hydrogen-bond acceptors (Lipinski definition) is 7. The second kappa shape index (κ2) is 8.06. The molecule has 0 N–H and O–H groups in total. The topological polar surface area (TPSA) is 97.9 Å². The summed E-state index contributed by atoms with van der Waals surface area (Å²) in [7, 11) is 0. The van der Waals surface area contributed by atoms with Crippen LogP contribution in [0, 0.1) is 6.92 Å². The number of carbonyl (C=O) groups excluding carboxylic acids is 1. The molecular formula is C23H20N6O2. The minimum atomic E-state index is -0.143. The van der Waals surface area contributed by atoms with E-state index in [1.54, 1.807) is 24.8 Å². The first-order valence-electron chi connectivity index (χ1n) is 10.0. The molecule has 3 aromatic heterocycles. The molecule has 8 nitrogen and oxygen atoms in total. The highest BCUT2D eigenvalue weighted by Crippen LogP contribution is 2.39. The zero-order valence-electron chi connectivity index (χ0n) is 16.9. The Morgan fingerprint density at radius 3 is 2.68 bits per heavy atom. The van der Waals surface area contributed by atoms with Crippen LogP contribution in [-0.2, 0) is 0 Å². The van der Waals surface area contributed by atoms with Crippen molar-refractivity contribution in [2.75, 3.05) is 13.1 Å². The second-order valence-corrected chi connectivity index (χ2v) is 7.63. The lowest BCUT2D eigenvalue weighted by Gasteiger charge is -2.16. The van der Waals surface area contributed by atoms with Gasteiger partial charge in [-0.3, -0.25) is 14.8 Å². The van der Waals surface area contributed by atoms with Gasteiger partial charge >= 0.3 is 0 Å². The predicted octanol–water partition coefficient (Wildman–Crippen LogP) is 3.25. The van der Waals surface area contributed by atoms with Crippen molar-refractivity contribution in [2.45, 2.75) is 18.8 Å². The van der Waals surface area contributed by atoms with Gasteiger partial charge in [-0.15, -0.1) is 0 Å². The molecule has 1 fully saturated rings. The molecule has 0 bridgehead atoms. The van der Waals surface area contributed by atoms with Crippen LogP contribution in [0.4, 0.5) is 0 Å². The Balaban J connectivity index is 1.47. The summed E-state index contributed by atoms with van der Waals surface area (Å²) in [4.78, 5) is 32.2. The molecule has 2 atom stereocenters. The number of likely N-dealkylation sites (tertiary alicyclic amines) is 1. The number of nitrogens with zero attached hydrogens (tertiary/aromatic N) is 6. The maximum Gasteiger partial charge on any atom is 0.253 e. The first kappa shape index (κ1) is 19.0. The number of amides is 1. The van der Waals surface area contributed by atoms with Gasteiger partial charge in [-0.2, -0.15) is 4.98 Å². The third-order valence-corrected chi connectivity index (χ3v) is 5.54. The van der Waals surface area contributed by atoms with E-state index in [1.807, 2.05) is 54.4 Å². The maximum absolute atomic E-state index is 13.2. The van der Waals surface area contributed by atoms with E-state index in [4.69, 9.17) is 4.52 Å². The van der Waals surface area contributed by atoms with Crippen LogP contribution in [0.15, 0.2) is 71.9 Å². The zero-order chi connectivity index (χ0) is 21.2. The van der Waals surface area contributed by atoms with Crippen LogP contribution < -0.4 is 0 Å². The van der Waals surface area contributed by atoms with E-state index < -0.39 is 0 Å². The Morgan fingerprint density at radius 1 is 1.03 bits per heavy atom. The van der Waals surface area contributed by atoms with E-state index in [2.05, 4.69) is 25.1 Å². The molecule has 1 saturated heterocycles. The van der Waals surface area contributed by atoms with Gasteiger partial charge in [-0.1, -0.05) is 28.9 Å². The van der Waals surface area contributed by atoms with Crippen LogP contribution in [0.25, 0.3) is 11.5 Å². The largest absolute Gasteiger partial charge is 0.339 e. The minimum Gasteiger partial charge on any atom is -0.339 e. The van der Waals surface area contributed by atoms with Gasteiger partial charge in [0.2, 0.25) is 11.7 Å². The summed E-state index contributed by atoms with van der Waals surface area (Å²) < 4.78 is 5.62. The van der Waals surface area contributed by atoms with Gasteiger partial charge in [0.25, 0.3) is 5.91 Å². The van der Waals surface area contributed by atoms with E-state index in [1.165, 1.54) is 0 Å². The van der Waals surface area contributed by atoms with Crippen LogP contribution in [0.5, 0.6) is 0 Å². The van der Waals surface area contributed by atoms with Crippen LogP contribution in [0.1, 0.15) is 39.2 Å². The van der Waals surface area contributed by atoms with Gasteiger partial charge in [0, 0.05) is 49.4 Å². The van der Waals surface area contributed by atoms with Crippen LogP contribution in [0.2, 0.25) is 0 Å². The van der Waals surface area contributed by atoms with Crippen molar-refractivity contribution in [3.63, 3.8) is 0 Å². The predicted molar refractivity (Wildman–Crippen MR) is 112 cm³/mol. The zero-order valence-corrected chi connectivity index (χ0v) is 16.9. The summed E-state index contributed by atoms with van der Waals surface area (Å²) in [6.45, 7) is 3.01. The van der Waals surface area contributed by atoms with E-state index >= 15 is 0 Å². The third-order valence-electron chi connectivity index (χ3n) is 5.54. The van der Waals surface area contributed by atoms with Gasteiger partial charge < -0.3 is 9.42 Å². The van der Waals surface area contributed by atoms with E-state index in [0.717, 1.165) is 11.1 Å². The van der Waals surface area contributed by atoms with Crippen LogP contribution in [-0.4, -0.2) is 49.0 Å². The Bertz CT molecular complexity index is 1190. The van der Waals surface area contributed by atoms with Crippen molar-refractivity contribution in [1.82, 2.24) is 30.0 Å². The number of pyridine rings is 1. The molecule has 0 saturated carbocycles. The van der Waals surface area contributed by atoms with Crippen molar-refractivity contribution in [1.29, 1.82) is 0 Å². The second-order valence-electron chi connectivity index (χ2n) is 7.63. The molecule has 31 heavy (non-hydrogen) atoms. The molecular weight excluding hydrogens is 392 g/mol. The number of aryl methyl sites for hydroxylation is 1. The molecule has 4 aromatic rings. The highest BCUT2D eigenvalue weighted by molar-refractivity contribution is 5.94. The fourth-order valence-corrected chi connectivity index (χ4v) is 4.02. The minimum absolute atomic E-state index is 0.00221. The molecule has 1 aromatic carbocycles. The highest BCUT2D eigenvalue weighted by atomic mass is 16.5. The monoisotopic (exact) mass is 412 g/mol. The molecule has 0 unspecified atom stereocenters. The van der Waals surface area contributed by atoms with Crippen molar-refractivity contribution in [3.05, 3.63) is 90.0 Å². The lowest BCUT2D eigenvalue weighted by molar-refractivity contribution is 0.0788. The van der Waals surface area contributed by atoms with Gasteiger partial charge in [0.05, 0.1) is 12.1 Å². The first-order valence-corrected chi connectivity index (χ1v) is 10.0. The molecule has 4 heterocycles. The Labute approximate surface area is 179 Å². The normalized spacial score (nSPS) is 18.3. The molecule has 5 rings (SSSR count). The quantitative estimate of drug-likeness (QED) is 0.507. The molecule has 154 valence electrons. The van der Waals surface area contributed by atoms with Gasteiger partial charge in [-0.25, -0.2) is 4.98 Å². The fourth-order valence-electron chi connectivity index (χ4n) is 4.02. The number of hydrogen-bond donors (Lipinski definition) is 0. The third kappa shape index (κ3) is 3.79. The standard InChI is InChI=1S/C23H20N6O2/c1-15-4-2-5-16(10-15)23(30)29-13-18(17-6-3-7-24-11-17)19(14-29)22-27-21(28-31-22)20-12-25-8-9-26-20/h2-12,18-19H,13-14H2,1H3/t18-,19+/m0/s1. The maximum atomic E-state index is 13.2. The van der Waals surface area contributed by atoms with E-state index in [9.17, 15) is 4.79 Å². The van der Waals surface area contributed by atoms with Crippen molar-refractivity contribution in [3.8, 4) is 11.5 Å². The van der Waals surface area contributed by atoms with Crippen molar-refractivity contribution < 1.29 is 9.32 Å². The van der Waals surface area contributed by atoms with Gasteiger partial charge in [0.1, 0.15) is 5.69 Å². The van der Waals surface area contributed by atoms with E-state index in [-0.39, 0.29) is 17.7 Å². The molecule has 1 aliphatic rings. The molecule has 1 aliphatic heterocycles. The average Bonchev–Trinajstić information content (AvgIpc) is 3.47. The molecule has 0 spiro atoms. The van der Waals surface area contributed by atoms with Crippen LogP contribution in [0.3, 0.4) is 0 Å². The lowest BCUT2D eigenvalue weighted by atomic mass is 9.90. The summed E-state index contributed by atoms with van der Waals surface area (Å²) in [5.74, 6) is 0.716. The molecule has 1 amide bonds. The number of aromatic nitrogens is 5. The Hall–Kier alpha value is -3.94. The number of rotatable bonds is 4. The smallest absolute Gasteiger partial charge is 0.253 e. The SMILES string of the molecule is Cc1cccc(C(=O)N2C[C@@H](c3cccnc3)[C@H](c3nc(-c4cnccn4)no3)C2)c1. The fraction of sp³-hybridized carbons (Fsp3) is 0.217. The summed E-state index contributed by atoms with van der Waals surface area (Å²) in [6.07, 6.45) is 8.34. The van der Waals surface area contributed by atoms with Crippen LogP contribution >= 0.6 is 0 Å². The molecule has 0 radical (unpaired) electrons. The average molecular weight is 412 g/mol. The Kier molecular flexibility index (Phi) is 4.95. The summed E-state index contributed by atoms with van der Waals surface area (Å²) in [5.41, 5.74) is 3.31. The molecule has 8 heteroatoms.